The van der Waals surface area contributed by atoms with Gasteiger partial charge < -0.3 is 10.2 Å². The largest absolute Gasteiger partial charge is 0.481 e. The number of carboxylic acids is 1. The maximum absolute atomic E-state index is 11.7. The summed E-state index contributed by atoms with van der Waals surface area (Å²) in [4.78, 5) is 11.7. The maximum atomic E-state index is 11.7. The molecular weight excluding hydrogens is 300 g/mol. The summed E-state index contributed by atoms with van der Waals surface area (Å²) in [5.74, 6) is -1.36. The number of aliphatic hydroxyl groups excluding tert-OH is 1. The molecule has 126 valence electrons. The third-order valence-electron chi connectivity index (χ3n) is 5.10. The Labute approximate surface area is 143 Å². The van der Waals surface area contributed by atoms with Crippen LogP contribution in [0.15, 0.2) is 54.6 Å². The van der Waals surface area contributed by atoms with Gasteiger partial charge in [0.15, 0.2) is 0 Å². The van der Waals surface area contributed by atoms with Gasteiger partial charge in [0.1, 0.15) is 5.92 Å². The molecule has 0 aliphatic heterocycles. The Morgan fingerprint density at radius 1 is 0.875 bits per heavy atom. The summed E-state index contributed by atoms with van der Waals surface area (Å²) in [6, 6.07) is 16.8. The van der Waals surface area contributed by atoms with Gasteiger partial charge in [0.25, 0.3) is 0 Å². The van der Waals surface area contributed by atoms with Crippen molar-refractivity contribution < 1.29 is 15.0 Å². The maximum Gasteiger partial charge on any atom is 0.314 e. The number of aliphatic hydroxyl groups is 1. The second-order valence-corrected chi connectivity index (χ2v) is 6.67. The van der Waals surface area contributed by atoms with Crippen molar-refractivity contribution in [1.29, 1.82) is 0 Å². The molecule has 3 rings (SSSR count). The molecule has 1 saturated carbocycles. The Balaban J connectivity index is 1.82. The highest BCUT2D eigenvalue weighted by molar-refractivity contribution is 5.77. The van der Waals surface area contributed by atoms with Crippen molar-refractivity contribution in [3.05, 3.63) is 71.3 Å². The molecule has 3 heteroatoms. The van der Waals surface area contributed by atoms with Crippen LogP contribution in [0.1, 0.15) is 66.7 Å². The van der Waals surface area contributed by atoms with E-state index in [1.165, 1.54) is 37.7 Å². The molecule has 2 atom stereocenters. The van der Waals surface area contributed by atoms with Crippen molar-refractivity contribution in [1.82, 2.24) is 0 Å². The van der Waals surface area contributed by atoms with Gasteiger partial charge in [-0.2, -0.15) is 0 Å². The molecule has 2 N–H and O–H groups in total. The Bertz CT molecular complexity index is 657. The summed E-state index contributed by atoms with van der Waals surface area (Å²) in [5.41, 5.74) is 2.57. The van der Waals surface area contributed by atoms with E-state index in [1.807, 2.05) is 42.5 Å². The van der Waals surface area contributed by atoms with Crippen LogP contribution < -0.4 is 0 Å². The summed E-state index contributed by atoms with van der Waals surface area (Å²) >= 11 is 0. The highest BCUT2D eigenvalue weighted by Crippen LogP contribution is 2.35. The number of aliphatic carboxylic acids is 1. The Morgan fingerprint density at radius 2 is 1.50 bits per heavy atom. The normalized spacial score (nSPS) is 18.0. The topological polar surface area (TPSA) is 57.5 Å². The van der Waals surface area contributed by atoms with Crippen molar-refractivity contribution >= 4 is 5.97 Å². The standard InChI is InChI=1S/C21H24O3/c22-20(18-9-5-2-6-10-18)19(21(23)24)17-13-11-16(12-14-17)15-7-3-1-4-8-15/h2,5-6,9-15,19-20,22H,1,3-4,7-8H2,(H,23,24). The molecule has 1 fully saturated rings. The molecule has 3 nitrogen and oxygen atoms in total. The average Bonchev–Trinajstić information content (AvgIpc) is 2.63. The molecule has 2 unspecified atom stereocenters. The average molecular weight is 324 g/mol. The third kappa shape index (κ3) is 3.68. The molecule has 0 saturated heterocycles. The Kier molecular flexibility index (Phi) is 5.31. The fraction of sp³-hybridized carbons (Fsp3) is 0.381. The van der Waals surface area contributed by atoms with Gasteiger partial charge in [-0.05, 0) is 35.4 Å². The zero-order valence-electron chi connectivity index (χ0n) is 13.8. The first kappa shape index (κ1) is 16.7. The fourth-order valence-electron chi connectivity index (χ4n) is 3.71. The van der Waals surface area contributed by atoms with Crippen LogP contribution in [0.3, 0.4) is 0 Å². The van der Waals surface area contributed by atoms with Crippen LogP contribution in [-0.2, 0) is 4.79 Å². The first-order chi connectivity index (χ1) is 11.7. The van der Waals surface area contributed by atoms with E-state index in [9.17, 15) is 15.0 Å². The Morgan fingerprint density at radius 3 is 2.08 bits per heavy atom. The van der Waals surface area contributed by atoms with E-state index in [0.29, 0.717) is 17.0 Å². The number of hydrogen-bond acceptors (Lipinski definition) is 2. The predicted molar refractivity (Wildman–Crippen MR) is 94.0 cm³/mol. The third-order valence-corrected chi connectivity index (χ3v) is 5.10. The van der Waals surface area contributed by atoms with Gasteiger partial charge in [-0.25, -0.2) is 0 Å². The summed E-state index contributed by atoms with van der Waals surface area (Å²) in [6.45, 7) is 0. The summed E-state index contributed by atoms with van der Waals surface area (Å²) in [6.07, 6.45) is 5.25. The highest BCUT2D eigenvalue weighted by atomic mass is 16.4. The van der Waals surface area contributed by atoms with Gasteiger partial charge in [-0.1, -0.05) is 73.9 Å². The van der Waals surface area contributed by atoms with E-state index < -0.39 is 18.0 Å². The van der Waals surface area contributed by atoms with Crippen LogP contribution in [0.25, 0.3) is 0 Å². The van der Waals surface area contributed by atoms with Gasteiger partial charge in [0, 0.05) is 0 Å². The predicted octanol–water partition coefficient (Wildman–Crippen LogP) is 4.64. The molecule has 0 spiro atoms. The molecule has 0 amide bonds. The molecule has 2 aromatic carbocycles. The van der Waals surface area contributed by atoms with Crippen molar-refractivity contribution in [3.63, 3.8) is 0 Å². The minimum absolute atomic E-state index is 0.593. The lowest BCUT2D eigenvalue weighted by molar-refractivity contribution is -0.141. The minimum Gasteiger partial charge on any atom is -0.481 e. The van der Waals surface area contributed by atoms with Gasteiger partial charge in [0.05, 0.1) is 6.10 Å². The number of benzene rings is 2. The summed E-state index contributed by atoms with van der Waals surface area (Å²) in [5, 5.41) is 20.2. The van der Waals surface area contributed by atoms with Crippen LogP contribution in [0.5, 0.6) is 0 Å². The second-order valence-electron chi connectivity index (χ2n) is 6.67. The lowest BCUT2D eigenvalue weighted by Gasteiger charge is -2.23. The molecule has 0 radical (unpaired) electrons. The molecule has 0 bridgehead atoms. The van der Waals surface area contributed by atoms with E-state index in [-0.39, 0.29) is 0 Å². The van der Waals surface area contributed by atoms with Gasteiger partial charge in [-0.3, -0.25) is 4.79 Å². The van der Waals surface area contributed by atoms with E-state index in [0.717, 1.165) is 0 Å². The molecule has 0 aromatic heterocycles. The summed E-state index contributed by atoms with van der Waals surface area (Å²) < 4.78 is 0. The monoisotopic (exact) mass is 324 g/mol. The second kappa shape index (κ2) is 7.63. The van der Waals surface area contributed by atoms with Crippen LogP contribution in [-0.4, -0.2) is 16.2 Å². The van der Waals surface area contributed by atoms with E-state index in [2.05, 4.69) is 0 Å². The van der Waals surface area contributed by atoms with E-state index in [1.54, 1.807) is 12.1 Å². The SMILES string of the molecule is O=C(O)C(c1ccc(C2CCCCC2)cc1)C(O)c1ccccc1. The van der Waals surface area contributed by atoms with E-state index >= 15 is 0 Å². The smallest absolute Gasteiger partial charge is 0.314 e. The molecular formula is C21H24O3. The molecule has 2 aromatic rings. The van der Waals surface area contributed by atoms with Crippen LogP contribution in [0.2, 0.25) is 0 Å². The molecule has 1 aliphatic carbocycles. The number of carbonyl (C=O) groups is 1. The Hall–Kier alpha value is -2.13. The lowest BCUT2D eigenvalue weighted by atomic mass is 9.82. The van der Waals surface area contributed by atoms with Crippen molar-refractivity contribution in [3.8, 4) is 0 Å². The first-order valence-electron chi connectivity index (χ1n) is 8.72. The van der Waals surface area contributed by atoms with Gasteiger partial charge >= 0.3 is 5.97 Å². The number of hydrogen-bond donors (Lipinski definition) is 2. The van der Waals surface area contributed by atoms with Crippen LogP contribution in [0.4, 0.5) is 0 Å². The fourth-order valence-corrected chi connectivity index (χ4v) is 3.71. The number of rotatable bonds is 5. The van der Waals surface area contributed by atoms with Crippen molar-refractivity contribution in [2.75, 3.05) is 0 Å². The minimum atomic E-state index is -1.05. The molecule has 0 heterocycles. The molecule has 24 heavy (non-hydrogen) atoms. The first-order valence-corrected chi connectivity index (χ1v) is 8.72. The molecule has 1 aliphatic rings. The zero-order chi connectivity index (χ0) is 16.9. The van der Waals surface area contributed by atoms with E-state index in [4.69, 9.17) is 0 Å². The van der Waals surface area contributed by atoms with Gasteiger partial charge in [-0.15, -0.1) is 0 Å². The number of carboxylic acid groups (broad SMARTS) is 1. The zero-order valence-corrected chi connectivity index (χ0v) is 13.8. The highest BCUT2D eigenvalue weighted by Gasteiger charge is 2.29. The quantitative estimate of drug-likeness (QED) is 0.842. The van der Waals surface area contributed by atoms with Crippen LogP contribution in [0, 0.1) is 0 Å². The summed E-state index contributed by atoms with van der Waals surface area (Å²) in [7, 11) is 0. The van der Waals surface area contributed by atoms with Gasteiger partial charge in [0.2, 0.25) is 0 Å². The lowest BCUT2D eigenvalue weighted by Crippen LogP contribution is -2.20. The van der Waals surface area contributed by atoms with Crippen molar-refractivity contribution in [2.45, 2.75) is 50.0 Å². The van der Waals surface area contributed by atoms with Crippen molar-refractivity contribution in [2.24, 2.45) is 0 Å². The van der Waals surface area contributed by atoms with Crippen LogP contribution >= 0.6 is 0 Å².